The topological polar surface area (TPSA) is 40.5 Å². The summed E-state index contributed by atoms with van der Waals surface area (Å²) in [6, 6.07) is 14.7. The molecule has 2 aromatic rings. The minimum atomic E-state index is 0.338. The molecule has 0 fully saturated rings. The van der Waals surface area contributed by atoms with Crippen LogP contribution in [0.25, 0.3) is 0 Å². The summed E-state index contributed by atoms with van der Waals surface area (Å²) in [4.78, 5) is 0. The standard InChI is InChI=1S/C10H14O.C7H8O/c1-2-3-6-9-7-4-5-8-10(9)11;1-6-3-2-4-7(8)5-6/h4-5,7-8,11H,2-3,6H2,1H3;2-5,8H,1H3. The summed E-state index contributed by atoms with van der Waals surface area (Å²) >= 11 is 0. The number of phenols is 2. The zero-order chi connectivity index (χ0) is 14.1. The Balaban J connectivity index is 0.000000200. The molecule has 0 saturated carbocycles. The second-order valence-electron chi connectivity index (χ2n) is 4.57. The lowest BCUT2D eigenvalue weighted by atomic mass is 10.1. The van der Waals surface area contributed by atoms with Crippen LogP contribution in [0.3, 0.4) is 0 Å². The molecule has 2 aromatic carbocycles. The molecule has 0 aliphatic rings. The Bertz CT molecular complexity index is 475. The van der Waals surface area contributed by atoms with Crippen LogP contribution < -0.4 is 0 Å². The van der Waals surface area contributed by atoms with Gasteiger partial charge in [-0.05, 0) is 49.1 Å². The van der Waals surface area contributed by atoms with Crippen LogP contribution in [0.4, 0.5) is 0 Å². The van der Waals surface area contributed by atoms with Crippen LogP contribution in [0.5, 0.6) is 11.5 Å². The molecular weight excluding hydrogens is 236 g/mol. The Morgan fingerprint density at radius 2 is 1.68 bits per heavy atom. The van der Waals surface area contributed by atoms with E-state index in [0.717, 1.165) is 24.0 Å². The molecule has 2 nitrogen and oxygen atoms in total. The number of para-hydroxylation sites is 1. The van der Waals surface area contributed by atoms with Gasteiger partial charge in [-0.3, -0.25) is 0 Å². The summed E-state index contributed by atoms with van der Waals surface area (Å²) in [7, 11) is 0. The summed E-state index contributed by atoms with van der Waals surface area (Å²) in [5.74, 6) is 0.769. The van der Waals surface area contributed by atoms with E-state index in [0.29, 0.717) is 11.5 Å². The minimum absolute atomic E-state index is 0.338. The number of benzene rings is 2. The number of aryl methyl sites for hydroxylation is 2. The van der Waals surface area contributed by atoms with Gasteiger partial charge >= 0.3 is 0 Å². The molecule has 0 aliphatic heterocycles. The van der Waals surface area contributed by atoms with E-state index in [2.05, 4.69) is 6.92 Å². The lowest BCUT2D eigenvalue weighted by Gasteiger charge is -2.01. The molecule has 0 atom stereocenters. The fourth-order valence-corrected chi connectivity index (χ4v) is 1.72. The normalized spacial score (nSPS) is 9.58. The van der Waals surface area contributed by atoms with Crippen molar-refractivity contribution in [2.45, 2.75) is 33.1 Å². The van der Waals surface area contributed by atoms with Gasteiger partial charge in [0.05, 0.1) is 0 Å². The van der Waals surface area contributed by atoms with E-state index in [1.54, 1.807) is 18.2 Å². The summed E-state index contributed by atoms with van der Waals surface area (Å²) in [5, 5.41) is 18.2. The van der Waals surface area contributed by atoms with E-state index < -0.39 is 0 Å². The molecule has 19 heavy (non-hydrogen) atoms. The Labute approximate surface area is 115 Å². The first-order valence-corrected chi connectivity index (χ1v) is 6.66. The maximum atomic E-state index is 9.34. The Morgan fingerprint density at radius 1 is 0.947 bits per heavy atom. The molecule has 0 saturated heterocycles. The predicted octanol–water partition coefficient (Wildman–Crippen LogP) is 4.44. The van der Waals surface area contributed by atoms with Crippen LogP contribution in [0.1, 0.15) is 30.9 Å². The molecule has 0 aromatic heterocycles. The average Bonchev–Trinajstić information content (AvgIpc) is 2.38. The fourth-order valence-electron chi connectivity index (χ4n) is 1.72. The SMILES string of the molecule is CCCCc1ccccc1O.Cc1cccc(O)c1. The number of hydrogen-bond acceptors (Lipinski definition) is 2. The van der Waals surface area contributed by atoms with E-state index >= 15 is 0 Å². The van der Waals surface area contributed by atoms with Gasteiger partial charge in [0, 0.05) is 0 Å². The molecule has 2 N–H and O–H groups in total. The van der Waals surface area contributed by atoms with Crippen molar-refractivity contribution in [3.8, 4) is 11.5 Å². The third kappa shape index (κ3) is 5.96. The lowest BCUT2D eigenvalue weighted by molar-refractivity contribution is 0.467. The molecule has 2 rings (SSSR count). The molecule has 0 unspecified atom stereocenters. The molecule has 0 spiro atoms. The monoisotopic (exact) mass is 258 g/mol. The van der Waals surface area contributed by atoms with Gasteiger partial charge in [0.15, 0.2) is 0 Å². The van der Waals surface area contributed by atoms with E-state index in [-0.39, 0.29) is 0 Å². The zero-order valence-electron chi connectivity index (χ0n) is 11.6. The molecule has 0 aliphatic carbocycles. The van der Waals surface area contributed by atoms with Crippen LogP contribution in [0.15, 0.2) is 48.5 Å². The smallest absolute Gasteiger partial charge is 0.118 e. The van der Waals surface area contributed by atoms with Gasteiger partial charge in [0.2, 0.25) is 0 Å². The van der Waals surface area contributed by atoms with Gasteiger partial charge < -0.3 is 10.2 Å². The van der Waals surface area contributed by atoms with Crippen molar-refractivity contribution < 1.29 is 10.2 Å². The van der Waals surface area contributed by atoms with Crippen molar-refractivity contribution in [1.29, 1.82) is 0 Å². The first-order valence-electron chi connectivity index (χ1n) is 6.66. The Hall–Kier alpha value is -1.96. The Morgan fingerprint density at radius 3 is 2.21 bits per heavy atom. The average molecular weight is 258 g/mol. The van der Waals surface area contributed by atoms with Crippen LogP contribution in [-0.4, -0.2) is 10.2 Å². The van der Waals surface area contributed by atoms with Gasteiger partial charge in [-0.25, -0.2) is 0 Å². The van der Waals surface area contributed by atoms with Gasteiger partial charge in [-0.15, -0.1) is 0 Å². The van der Waals surface area contributed by atoms with Gasteiger partial charge in [0.25, 0.3) is 0 Å². The van der Waals surface area contributed by atoms with Crippen molar-refractivity contribution in [3.05, 3.63) is 59.7 Å². The summed E-state index contributed by atoms with van der Waals surface area (Å²) in [6.45, 7) is 4.10. The molecule has 0 amide bonds. The quantitative estimate of drug-likeness (QED) is 0.854. The maximum absolute atomic E-state index is 9.34. The molecule has 0 heterocycles. The molecular formula is C17H22O2. The summed E-state index contributed by atoms with van der Waals surface area (Å²) < 4.78 is 0. The minimum Gasteiger partial charge on any atom is -0.508 e. The van der Waals surface area contributed by atoms with E-state index in [4.69, 9.17) is 5.11 Å². The molecule has 102 valence electrons. The number of aromatic hydroxyl groups is 2. The maximum Gasteiger partial charge on any atom is 0.118 e. The zero-order valence-corrected chi connectivity index (χ0v) is 11.6. The highest BCUT2D eigenvalue weighted by atomic mass is 16.3. The first kappa shape index (κ1) is 15.1. The second kappa shape index (κ2) is 8.20. The number of phenolic OH excluding ortho intramolecular Hbond substituents is 2. The molecule has 0 bridgehead atoms. The number of unbranched alkanes of at least 4 members (excludes halogenated alkanes) is 1. The van der Waals surface area contributed by atoms with Crippen molar-refractivity contribution in [2.24, 2.45) is 0 Å². The van der Waals surface area contributed by atoms with Crippen molar-refractivity contribution in [1.82, 2.24) is 0 Å². The summed E-state index contributed by atoms with van der Waals surface area (Å²) in [5.41, 5.74) is 2.15. The van der Waals surface area contributed by atoms with Crippen LogP contribution in [0.2, 0.25) is 0 Å². The molecule has 0 radical (unpaired) electrons. The van der Waals surface area contributed by atoms with E-state index in [1.807, 2.05) is 37.3 Å². The van der Waals surface area contributed by atoms with Crippen LogP contribution in [0, 0.1) is 6.92 Å². The third-order valence-electron chi connectivity index (χ3n) is 2.79. The fraction of sp³-hybridized carbons (Fsp3) is 0.294. The van der Waals surface area contributed by atoms with E-state index in [9.17, 15) is 5.11 Å². The van der Waals surface area contributed by atoms with Crippen LogP contribution >= 0.6 is 0 Å². The highest BCUT2D eigenvalue weighted by molar-refractivity contribution is 5.31. The number of hydrogen-bond donors (Lipinski definition) is 2. The van der Waals surface area contributed by atoms with Crippen molar-refractivity contribution in [3.63, 3.8) is 0 Å². The first-order chi connectivity index (χ1) is 9.13. The van der Waals surface area contributed by atoms with Gasteiger partial charge in [-0.1, -0.05) is 43.7 Å². The largest absolute Gasteiger partial charge is 0.508 e. The van der Waals surface area contributed by atoms with Crippen molar-refractivity contribution >= 4 is 0 Å². The molecule has 2 heteroatoms. The highest BCUT2D eigenvalue weighted by Crippen LogP contribution is 2.17. The highest BCUT2D eigenvalue weighted by Gasteiger charge is 1.96. The predicted molar refractivity (Wildman–Crippen MR) is 79.6 cm³/mol. The lowest BCUT2D eigenvalue weighted by Crippen LogP contribution is -1.83. The summed E-state index contributed by atoms with van der Waals surface area (Å²) in [6.07, 6.45) is 3.31. The Kier molecular flexibility index (Phi) is 6.51. The second-order valence-corrected chi connectivity index (χ2v) is 4.57. The van der Waals surface area contributed by atoms with Gasteiger partial charge in [0.1, 0.15) is 11.5 Å². The van der Waals surface area contributed by atoms with E-state index in [1.165, 1.54) is 6.42 Å². The van der Waals surface area contributed by atoms with Crippen LogP contribution in [-0.2, 0) is 6.42 Å². The number of rotatable bonds is 3. The van der Waals surface area contributed by atoms with Gasteiger partial charge in [-0.2, -0.15) is 0 Å². The van der Waals surface area contributed by atoms with Crippen molar-refractivity contribution in [2.75, 3.05) is 0 Å². The third-order valence-corrected chi connectivity index (χ3v) is 2.79.